The fraction of sp³-hybridized carbons (Fsp3) is 0.824. The Morgan fingerprint density at radius 2 is 1.48 bits per heavy atom. The van der Waals surface area contributed by atoms with E-state index in [2.05, 4.69) is 30.9 Å². The predicted octanol–water partition coefficient (Wildman–Crippen LogP) is 5.42. The van der Waals surface area contributed by atoms with Gasteiger partial charge in [0.25, 0.3) is 0 Å². The minimum atomic E-state index is -2.12. The Hall–Kier alpha value is -0.191. The van der Waals surface area contributed by atoms with E-state index in [0.717, 1.165) is 6.42 Å². The molecule has 0 aromatic heterocycles. The second-order valence-electron chi connectivity index (χ2n) is 6.03. The van der Waals surface area contributed by atoms with Crippen molar-refractivity contribution in [2.45, 2.75) is 79.0 Å². The van der Waals surface area contributed by atoms with Crippen LogP contribution in [0.1, 0.15) is 65.7 Å². The van der Waals surface area contributed by atoms with Crippen LogP contribution in [0, 0.1) is 0 Å². The summed E-state index contributed by atoms with van der Waals surface area (Å²) in [6, 6.07) is 0. The molecule has 0 aliphatic heterocycles. The standard InChI is InChI=1S/C5H8NO2.3C4H9.Sn/c1-2-3-4-8-5(6)7;3*1-3-4-2;/h1-2H,3-4H2,(H2,6,7);3*1,3-4H2,2H3;. The van der Waals surface area contributed by atoms with Crippen molar-refractivity contribution in [1.29, 1.82) is 0 Å². The molecule has 124 valence electrons. The third-order valence-electron chi connectivity index (χ3n) is 4.08. The second-order valence-corrected chi connectivity index (χ2v) is 19.0. The molecule has 3 nitrogen and oxygen atoms in total. The van der Waals surface area contributed by atoms with Gasteiger partial charge in [-0.2, -0.15) is 0 Å². The van der Waals surface area contributed by atoms with E-state index in [-0.39, 0.29) is 0 Å². The molecule has 0 aliphatic rings. The van der Waals surface area contributed by atoms with Gasteiger partial charge in [0.1, 0.15) is 0 Å². The molecule has 0 saturated carbocycles. The number of amides is 1. The van der Waals surface area contributed by atoms with Crippen molar-refractivity contribution in [2.75, 3.05) is 6.61 Å². The summed E-state index contributed by atoms with van der Waals surface area (Å²) in [5, 5.41) is 0. The van der Waals surface area contributed by atoms with Crippen LogP contribution in [-0.4, -0.2) is 31.1 Å². The zero-order valence-corrected chi connectivity index (χ0v) is 17.2. The number of ether oxygens (including phenoxy) is 1. The summed E-state index contributed by atoms with van der Waals surface area (Å²) in [6.07, 6.45) is 10.5. The maximum atomic E-state index is 10.6. The van der Waals surface area contributed by atoms with Gasteiger partial charge in [0.15, 0.2) is 0 Å². The first-order valence-corrected chi connectivity index (χ1v) is 16.4. The molecule has 0 unspecified atom stereocenters. The van der Waals surface area contributed by atoms with Crippen LogP contribution in [0.4, 0.5) is 4.79 Å². The number of hydrogen-bond donors (Lipinski definition) is 1. The normalized spacial score (nSPS) is 12.0. The minimum absolute atomic E-state index is 0.420. The first kappa shape index (κ1) is 20.8. The fourth-order valence-corrected chi connectivity index (χ4v) is 17.3. The second kappa shape index (κ2) is 13.5. The van der Waals surface area contributed by atoms with Crippen molar-refractivity contribution >= 4 is 24.5 Å². The number of carbonyl (C=O) groups excluding carboxylic acids is 1. The predicted molar refractivity (Wildman–Crippen MR) is 94.2 cm³/mol. The number of primary amides is 1. The van der Waals surface area contributed by atoms with E-state index in [4.69, 9.17) is 10.5 Å². The van der Waals surface area contributed by atoms with E-state index in [9.17, 15) is 4.79 Å². The number of carbonyl (C=O) groups is 1. The van der Waals surface area contributed by atoms with E-state index in [1.54, 1.807) is 0 Å². The molecule has 0 saturated heterocycles. The van der Waals surface area contributed by atoms with Gasteiger partial charge in [-0.25, -0.2) is 0 Å². The Balaban J connectivity index is 4.60. The molecule has 0 atom stereocenters. The zero-order chi connectivity index (χ0) is 16.0. The van der Waals surface area contributed by atoms with Gasteiger partial charge in [0.05, 0.1) is 0 Å². The molecular formula is C17H35NO2Sn. The van der Waals surface area contributed by atoms with Crippen LogP contribution in [0.2, 0.25) is 13.3 Å². The van der Waals surface area contributed by atoms with Gasteiger partial charge in [0, 0.05) is 0 Å². The van der Waals surface area contributed by atoms with Crippen LogP contribution in [-0.2, 0) is 4.74 Å². The molecule has 0 aliphatic carbocycles. The average Bonchev–Trinajstić information content (AvgIpc) is 2.47. The number of hydrogen-bond acceptors (Lipinski definition) is 2. The van der Waals surface area contributed by atoms with Crippen molar-refractivity contribution in [2.24, 2.45) is 5.73 Å². The van der Waals surface area contributed by atoms with Crippen LogP contribution in [0.15, 0.2) is 10.2 Å². The molecule has 0 fully saturated rings. The summed E-state index contributed by atoms with van der Waals surface area (Å²) < 4.78 is 11.9. The third-order valence-corrected chi connectivity index (χ3v) is 18.3. The number of rotatable bonds is 13. The van der Waals surface area contributed by atoms with Crippen LogP contribution >= 0.6 is 0 Å². The van der Waals surface area contributed by atoms with Crippen LogP contribution < -0.4 is 5.73 Å². The Bertz CT molecular complexity index is 271. The molecule has 4 heteroatoms. The van der Waals surface area contributed by atoms with Crippen LogP contribution in [0.5, 0.6) is 0 Å². The van der Waals surface area contributed by atoms with Crippen LogP contribution in [0.25, 0.3) is 0 Å². The van der Waals surface area contributed by atoms with Gasteiger partial charge in [-0.15, -0.1) is 0 Å². The molecule has 0 aromatic carbocycles. The topological polar surface area (TPSA) is 52.3 Å². The molecule has 0 spiro atoms. The fourth-order valence-electron chi connectivity index (χ4n) is 2.77. The van der Waals surface area contributed by atoms with Crippen molar-refractivity contribution in [3.05, 3.63) is 10.2 Å². The summed E-state index contributed by atoms with van der Waals surface area (Å²) in [5.41, 5.74) is 4.99. The molecular weight excluding hydrogens is 369 g/mol. The molecule has 0 radical (unpaired) electrons. The summed E-state index contributed by atoms with van der Waals surface area (Å²) in [6.45, 7) is 7.30. The number of nitrogens with two attached hydrogens (primary N) is 1. The molecule has 0 aromatic rings. The van der Waals surface area contributed by atoms with Crippen molar-refractivity contribution in [3.63, 3.8) is 0 Å². The quantitative estimate of drug-likeness (QED) is 0.329. The third kappa shape index (κ3) is 11.1. The zero-order valence-electron chi connectivity index (χ0n) is 14.3. The van der Waals surface area contributed by atoms with Gasteiger partial charge >= 0.3 is 136 Å². The molecule has 0 rings (SSSR count). The Kier molecular flexibility index (Phi) is 13.3. The van der Waals surface area contributed by atoms with Crippen molar-refractivity contribution in [1.82, 2.24) is 0 Å². The Morgan fingerprint density at radius 1 is 1.00 bits per heavy atom. The summed E-state index contributed by atoms with van der Waals surface area (Å²) in [4.78, 5) is 10.6. The van der Waals surface area contributed by atoms with E-state index >= 15 is 0 Å². The Labute approximate surface area is 135 Å². The summed E-state index contributed by atoms with van der Waals surface area (Å²) in [5.74, 6) is 0. The van der Waals surface area contributed by atoms with Gasteiger partial charge in [-0.05, 0) is 0 Å². The molecule has 1 amide bonds. The first-order valence-electron chi connectivity index (χ1n) is 8.70. The van der Waals surface area contributed by atoms with Gasteiger partial charge in [-0.3, -0.25) is 0 Å². The molecule has 0 bridgehead atoms. The molecule has 2 N–H and O–H groups in total. The van der Waals surface area contributed by atoms with Crippen LogP contribution in [0.3, 0.4) is 0 Å². The van der Waals surface area contributed by atoms with E-state index < -0.39 is 24.5 Å². The van der Waals surface area contributed by atoms with E-state index in [0.29, 0.717) is 6.61 Å². The first-order chi connectivity index (χ1) is 10.1. The maximum absolute atomic E-state index is 10.6. The van der Waals surface area contributed by atoms with Crippen molar-refractivity contribution < 1.29 is 9.53 Å². The monoisotopic (exact) mass is 405 g/mol. The summed E-state index contributed by atoms with van der Waals surface area (Å²) >= 11 is -2.12. The van der Waals surface area contributed by atoms with E-state index in [1.807, 2.05) is 0 Å². The van der Waals surface area contributed by atoms with Crippen molar-refractivity contribution in [3.8, 4) is 0 Å². The SMILES string of the molecule is CCC[CH2][Sn](/[CH]=C/CCOC(N)=O)([CH2]CCC)[CH2]CCC. The Morgan fingerprint density at radius 3 is 1.86 bits per heavy atom. The molecule has 0 heterocycles. The van der Waals surface area contributed by atoms with Gasteiger partial charge in [0.2, 0.25) is 0 Å². The van der Waals surface area contributed by atoms with Gasteiger partial charge in [-0.1, -0.05) is 0 Å². The van der Waals surface area contributed by atoms with E-state index in [1.165, 1.54) is 51.8 Å². The van der Waals surface area contributed by atoms with Gasteiger partial charge < -0.3 is 0 Å². The average molecular weight is 404 g/mol. The number of unbranched alkanes of at least 4 members (excludes halogenated alkanes) is 3. The molecule has 21 heavy (non-hydrogen) atoms. The summed E-state index contributed by atoms with van der Waals surface area (Å²) in [7, 11) is 0.